The van der Waals surface area contributed by atoms with Gasteiger partial charge in [0.25, 0.3) is 0 Å². The van der Waals surface area contributed by atoms with E-state index in [0.717, 1.165) is 5.69 Å². The van der Waals surface area contributed by atoms with E-state index >= 15 is 0 Å². The summed E-state index contributed by atoms with van der Waals surface area (Å²) in [7, 11) is 0. The maximum atomic E-state index is 5.98. The summed E-state index contributed by atoms with van der Waals surface area (Å²) in [6.45, 7) is 8.53. The summed E-state index contributed by atoms with van der Waals surface area (Å²) in [5, 5.41) is 4.70. The van der Waals surface area contributed by atoms with Crippen LogP contribution in [-0.2, 0) is 5.54 Å². The first-order valence-electron chi connectivity index (χ1n) is 5.75. The number of hydrogen-bond donors (Lipinski definition) is 1. The van der Waals surface area contributed by atoms with Gasteiger partial charge in [0.15, 0.2) is 0 Å². The second-order valence-corrected chi connectivity index (χ2v) is 5.64. The summed E-state index contributed by atoms with van der Waals surface area (Å²) >= 11 is 0. The van der Waals surface area contributed by atoms with Crippen molar-refractivity contribution in [3.63, 3.8) is 0 Å². The van der Waals surface area contributed by atoms with Crippen LogP contribution in [0, 0.1) is 0 Å². The van der Waals surface area contributed by atoms with E-state index in [9.17, 15) is 0 Å². The lowest BCUT2D eigenvalue weighted by molar-refractivity contribution is 0.336. The molecule has 0 amide bonds. The van der Waals surface area contributed by atoms with Crippen molar-refractivity contribution in [2.24, 2.45) is 5.73 Å². The van der Waals surface area contributed by atoms with Crippen LogP contribution >= 0.6 is 0 Å². The number of hydrogen-bond acceptors (Lipinski definition) is 2. The van der Waals surface area contributed by atoms with E-state index in [0.29, 0.717) is 5.92 Å². The molecule has 1 atom stereocenters. The highest BCUT2D eigenvalue weighted by molar-refractivity contribution is 5.21. The zero-order valence-electron chi connectivity index (χ0n) is 10.1. The standard InChI is InChI=1S/C12H21N3/c1-8(13)11-7-10(9-5-6-9)14-15(11)12(2,3)4/h7-9H,5-6,13H2,1-4H3/t8-/m0/s1. The third-order valence-corrected chi connectivity index (χ3v) is 2.85. The van der Waals surface area contributed by atoms with Gasteiger partial charge in [-0.1, -0.05) is 0 Å². The third-order valence-electron chi connectivity index (χ3n) is 2.85. The fourth-order valence-corrected chi connectivity index (χ4v) is 1.85. The van der Waals surface area contributed by atoms with Gasteiger partial charge in [-0.25, -0.2) is 0 Å². The number of rotatable bonds is 2. The van der Waals surface area contributed by atoms with Gasteiger partial charge in [-0.2, -0.15) is 5.10 Å². The van der Waals surface area contributed by atoms with Crippen LogP contribution in [0.15, 0.2) is 6.07 Å². The van der Waals surface area contributed by atoms with Gasteiger partial charge in [-0.15, -0.1) is 0 Å². The van der Waals surface area contributed by atoms with Gasteiger partial charge >= 0.3 is 0 Å². The van der Waals surface area contributed by atoms with E-state index in [1.165, 1.54) is 18.5 Å². The zero-order chi connectivity index (χ0) is 11.2. The Balaban J connectivity index is 2.41. The Kier molecular flexibility index (Phi) is 2.38. The molecule has 0 spiro atoms. The fourth-order valence-electron chi connectivity index (χ4n) is 1.85. The highest BCUT2D eigenvalue weighted by Crippen LogP contribution is 2.40. The Bertz CT molecular complexity index is 353. The molecule has 0 bridgehead atoms. The first kappa shape index (κ1) is 10.7. The minimum atomic E-state index is 0.0239. The van der Waals surface area contributed by atoms with E-state index in [4.69, 9.17) is 10.8 Å². The molecule has 3 heteroatoms. The molecule has 15 heavy (non-hydrogen) atoms. The second-order valence-electron chi connectivity index (χ2n) is 5.64. The van der Waals surface area contributed by atoms with Crippen molar-refractivity contribution < 1.29 is 0 Å². The zero-order valence-corrected chi connectivity index (χ0v) is 10.1. The SMILES string of the molecule is C[C@H](N)c1cc(C2CC2)nn1C(C)(C)C. The van der Waals surface area contributed by atoms with Crippen LogP contribution in [0.1, 0.15) is 63.9 Å². The van der Waals surface area contributed by atoms with Crippen LogP contribution in [0.25, 0.3) is 0 Å². The van der Waals surface area contributed by atoms with Crippen molar-refractivity contribution >= 4 is 0 Å². The predicted molar refractivity (Wildman–Crippen MR) is 61.8 cm³/mol. The van der Waals surface area contributed by atoms with Gasteiger partial charge in [0.1, 0.15) is 0 Å². The van der Waals surface area contributed by atoms with Gasteiger partial charge in [-0.05, 0) is 46.6 Å². The molecule has 0 aliphatic heterocycles. The van der Waals surface area contributed by atoms with Crippen LogP contribution in [-0.4, -0.2) is 9.78 Å². The second kappa shape index (κ2) is 3.34. The molecule has 2 rings (SSSR count). The molecular weight excluding hydrogens is 186 g/mol. The highest BCUT2D eigenvalue weighted by atomic mass is 15.3. The molecule has 0 saturated heterocycles. The molecule has 1 aliphatic rings. The van der Waals surface area contributed by atoms with E-state index in [1.807, 2.05) is 6.92 Å². The molecule has 3 nitrogen and oxygen atoms in total. The number of aromatic nitrogens is 2. The van der Waals surface area contributed by atoms with E-state index in [1.54, 1.807) is 0 Å². The fraction of sp³-hybridized carbons (Fsp3) is 0.750. The summed E-state index contributed by atoms with van der Waals surface area (Å²) < 4.78 is 2.09. The summed E-state index contributed by atoms with van der Waals surface area (Å²) in [4.78, 5) is 0. The Labute approximate surface area is 91.7 Å². The molecule has 0 unspecified atom stereocenters. The van der Waals surface area contributed by atoms with E-state index in [2.05, 4.69) is 31.5 Å². The van der Waals surface area contributed by atoms with Crippen molar-refractivity contribution in [1.82, 2.24) is 9.78 Å². The monoisotopic (exact) mass is 207 g/mol. The first-order chi connectivity index (χ1) is 6.89. The Hall–Kier alpha value is -0.830. The maximum absolute atomic E-state index is 5.98. The van der Waals surface area contributed by atoms with Crippen LogP contribution in [0.2, 0.25) is 0 Å². The molecule has 1 aromatic heterocycles. The van der Waals surface area contributed by atoms with Gasteiger partial charge in [0.2, 0.25) is 0 Å². The summed E-state index contributed by atoms with van der Waals surface area (Å²) in [5.74, 6) is 0.700. The molecule has 0 aromatic carbocycles. The highest BCUT2D eigenvalue weighted by Gasteiger charge is 2.30. The lowest BCUT2D eigenvalue weighted by Crippen LogP contribution is -2.27. The lowest BCUT2D eigenvalue weighted by atomic mass is 10.1. The number of nitrogens with two attached hydrogens (primary N) is 1. The Morgan fingerprint density at radius 2 is 2.07 bits per heavy atom. The molecule has 84 valence electrons. The molecule has 0 radical (unpaired) electrons. The first-order valence-corrected chi connectivity index (χ1v) is 5.75. The van der Waals surface area contributed by atoms with Crippen molar-refractivity contribution in [3.05, 3.63) is 17.5 Å². The van der Waals surface area contributed by atoms with Crippen molar-refractivity contribution in [1.29, 1.82) is 0 Å². The molecule has 1 aromatic rings. The summed E-state index contributed by atoms with van der Waals surface area (Å²) in [6, 6.07) is 2.25. The van der Waals surface area contributed by atoms with Crippen molar-refractivity contribution in [3.8, 4) is 0 Å². The topological polar surface area (TPSA) is 43.8 Å². The van der Waals surface area contributed by atoms with Crippen LogP contribution in [0.4, 0.5) is 0 Å². The molecule has 1 saturated carbocycles. The molecular formula is C12H21N3. The average molecular weight is 207 g/mol. The maximum Gasteiger partial charge on any atom is 0.0659 e. The van der Waals surface area contributed by atoms with Crippen LogP contribution in [0.5, 0.6) is 0 Å². The third kappa shape index (κ3) is 2.07. The Morgan fingerprint density at radius 3 is 2.40 bits per heavy atom. The molecule has 1 fully saturated rings. The molecule has 2 N–H and O–H groups in total. The average Bonchev–Trinajstić information content (AvgIpc) is 2.81. The predicted octanol–water partition coefficient (Wildman–Crippen LogP) is 2.54. The minimum Gasteiger partial charge on any atom is -0.323 e. The summed E-state index contributed by atoms with van der Waals surface area (Å²) in [6.07, 6.45) is 2.58. The van der Waals surface area contributed by atoms with Crippen LogP contribution < -0.4 is 5.73 Å². The van der Waals surface area contributed by atoms with Crippen molar-refractivity contribution in [2.75, 3.05) is 0 Å². The number of nitrogens with zero attached hydrogens (tertiary/aromatic N) is 2. The lowest BCUT2D eigenvalue weighted by Gasteiger charge is -2.23. The minimum absolute atomic E-state index is 0.0239. The molecule has 1 aliphatic carbocycles. The van der Waals surface area contributed by atoms with E-state index < -0.39 is 0 Å². The van der Waals surface area contributed by atoms with Crippen molar-refractivity contribution in [2.45, 2.75) is 58.0 Å². The van der Waals surface area contributed by atoms with E-state index in [-0.39, 0.29) is 11.6 Å². The quantitative estimate of drug-likeness (QED) is 0.810. The normalized spacial score (nSPS) is 19.3. The van der Waals surface area contributed by atoms with Gasteiger partial charge in [0.05, 0.1) is 16.9 Å². The summed E-state index contributed by atoms with van der Waals surface area (Å²) in [5.41, 5.74) is 8.40. The molecule has 1 heterocycles. The van der Waals surface area contributed by atoms with Gasteiger partial charge in [0, 0.05) is 12.0 Å². The Morgan fingerprint density at radius 1 is 1.47 bits per heavy atom. The smallest absolute Gasteiger partial charge is 0.0659 e. The van der Waals surface area contributed by atoms with Crippen LogP contribution in [0.3, 0.4) is 0 Å². The van der Waals surface area contributed by atoms with Gasteiger partial charge < -0.3 is 5.73 Å². The largest absolute Gasteiger partial charge is 0.323 e. The van der Waals surface area contributed by atoms with Gasteiger partial charge in [-0.3, -0.25) is 4.68 Å².